The minimum absolute atomic E-state index is 0.154. The van der Waals surface area contributed by atoms with Crippen LogP contribution in [0.3, 0.4) is 0 Å². The van der Waals surface area contributed by atoms with Gasteiger partial charge in [0.1, 0.15) is 13.2 Å². The molecule has 0 saturated heterocycles. The summed E-state index contributed by atoms with van der Waals surface area (Å²) in [6.45, 7) is 4.84. The molecule has 0 aromatic heterocycles. The predicted molar refractivity (Wildman–Crippen MR) is 330 cm³/mol. The van der Waals surface area contributed by atoms with E-state index >= 15 is 0 Å². The van der Waals surface area contributed by atoms with E-state index in [1.165, 1.54) is 302 Å². The van der Waals surface area contributed by atoms with Crippen molar-refractivity contribution in [2.24, 2.45) is 0 Å². The average molecular weight is 1110 g/mol. The molecule has 464 valence electrons. The number of carboxylic acids is 1. The van der Waals surface area contributed by atoms with Gasteiger partial charge in [0.2, 0.25) is 0 Å². The molecule has 0 fully saturated rings. The van der Waals surface area contributed by atoms with Gasteiger partial charge in [-0.3, -0.25) is 9.59 Å². The van der Waals surface area contributed by atoms with Gasteiger partial charge in [0, 0.05) is 12.8 Å². The van der Waals surface area contributed by atoms with Gasteiger partial charge < -0.3 is 33.3 Å². The molecule has 0 bridgehead atoms. The summed E-state index contributed by atoms with van der Waals surface area (Å²) >= 11 is 0. The minimum atomic E-state index is -1.62. The van der Waals surface area contributed by atoms with Crippen LogP contribution in [0.5, 0.6) is 0 Å². The normalized spacial score (nSPS) is 12.6. The van der Waals surface area contributed by atoms with Crippen LogP contribution in [0.15, 0.2) is 0 Å². The summed E-state index contributed by atoms with van der Waals surface area (Å²) in [5.41, 5.74) is 0. The third kappa shape index (κ3) is 61.9. The van der Waals surface area contributed by atoms with Gasteiger partial charge in [-0.1, -0.05) is 341 Å². The Labute approximate surface area is 485 Å². The fraction of sp³-hybridized carbons (Fsp3) is 0.957. The first kappa shape index (κ1) is 76.3. The zero-order valence-electron chi connectivity index (χ0n) is 53.1. The van der Waals surface area contributed by atoms with Crippen LogP contribution in [0, 0.1) is 0 Å². The van der Waals surface area contributed by atoms with Crippen molar-refractivity contribution in [2.45, 2.75) is 379 Å². The van der Waals surface area contributed by atoms with E-state index in [0.29, 0.717) is 17.4 Å². The van der Waals surface area contributed by atoms with E-state index in [-0.39, 0.29) is 32.2 Å². The van der Waals surface area contributed by atoms with Crippen LogP contribution < -0.4 is 5.11 Å². The molecule has 0 heterocycles. The number of rotatable bonds is 66. The molecule has 0 aromatic rings. The van der Waals surface area contributed by atoms with Crippen molar-refractivity contribution >= 4 is 17.9 Å². The maximum Gasteiger partial charge on any atom is 0.306 e. The second kappa shape index (κ2) is 61.4. The van der Waals surface area contributed by atoms with Crippen LogP contribution in [0.1, 0.15) is 367 Å². The van der Waals surface area contributed by atoms with Crippen LogP contribution >= 0.6 is 0 Å². The van der Waals surface area contributed by atoms with E-state index in [4.69, 9.17) is 18.9 Å². The molecule has 2 atom stereocenters. The Hall–Kier alpha value is -1.71. The summed E-state index contributed by atoms with van der Waals surface area (Å²) in [5.74, 6) is -2.24. The molecule has 0 radical (unpaired) electrons. The van der Waals surface area contributed by atoms with Crippen molar-refractivity contribution in [3.05, 3.63) is 0 Å². The number of aliphatic carboxylic acids is 1. The van der Waals surface area contributed by atoms with E-state index in [0.717, 1.165) is 38.5 Å². The number of nitrogens with zero attached hydrogens (tertiary/aromatic N) is 1. The third-order valence-electron chi connectivity index (χ3n) is 16.1. The van der Waals surface area contributed by atoms with E-state index in [9.17, 15) is 19.5 Å². The number of unbranched alkanes of at least 4 members (excludes halogenated alkanes) is 51. The maximum absolute atomic E-state index is 12.9. The quantitative estimate of drug-likeness (QED) is 0.0256. The number of ether oxygens (including phenoxy) is 4. The number of likely N-dealkylation sites (N-methyl/N-ethyl adjacent to an activating group) is 1. The smallest absolute Gasteiger partial charge is 0.306 e. The molecule has 0 spiro atoms. The van der Waals surface area contributed by atoms with Crippen LogP contribution in [-0.4, -0.2) is 82.3 Å². The molecule has 0 aliphatic heterocycles. The van der Waals surface area contributed by atoms with E-state index in [1.54, 1.807) is 0 Å². The highest BCUT2D eigenvalue weighted by Crippen LogP contribution is 2.19. The van der Waals surface area contributed by atoms with Crippen molar-refractivity contribution in [3.63, 3.8) is 0 Å². The van der Waals surface area contributed by atoms with Gasteiger partial charge in [-0.25, -0.2) is 0 Å². The van der Waals surface area contributed by atoms with Crippen molar-refractivity contribution < 1.29 is 42.9 Å². The lowest BCUT2D eigenvalue weighted by Crippen LogP contribution is -2.44. The van der Waals surface area contributed by atoms with Crippen LogP contribution in [0.25, 0.3) is 0 Å². The Bertz CT molecular complexity index is 1240. The van der Waals surface area contributed by atoms with E-state index < -0.39 is 24.3 Å². The molecule has 2 unspecified atom stereocenters. The fourth-order valence-corrected chi connectivity index (χ4v) is 10.8. The molecule has 0 N–H and O–H groups in total. The number of hydrogen-bond donors (Lipinski definition) is 0. The summed E-state index contributed by atoms with van der Waals surface area (Å²) in [7, 11) is 5.95. The molecule has 0 amide bonds. The molecular formula is C69H135NO8. The summed E-state index contributed by atoms with van der Waals surface area (Å²) < 4.78 is 22.8. The van der Waals surface area contributed by atoms with Gasteiger partial charge in [0.25, 0.3) is 0 Å². The van der Waals surface area contributed by atoms with E-state index in [2.05, 4.69) is 13.8 Å². The zero-order chi connectivity index (χ0) is 56.9. The topological polar surface area (TPSA) is 111 Å². The third-order valence-corrected chi connectivity index (χ3v) is 16.1. The monoisotopic (exact) mass is 1110 g/mol. The molecule has 9 heteroatoms. The maximum atomic E-state index is 12.9. The molecule has 0 aromatic carbocycles. The number of esters is 2. The van der Waals surface area contributed by atoms with Crippen molar-refractivity contribution in [1.29, 1.82) is 0 Å². The van der Waals surface area contributed by atoms with Crippen molar-refractivity contribution in [1.82, 2.24) is 0 Å². The van der Waals surface area contributed by atoms with Crippen LogP contribution in [-0.2, 0) is 33.3 Å². The fourth-order valence-electron chi connectivity index (χ4n) is 10.8. The second-order valence-corrected chi connectivity index (χ2v) is 25.2. The zero-order valence-corrected chi connectivity index (χ0v) is 53.1. The lowest BCUT2D eigenvalue weighted by molar-refractivity contribution is -0.870. The Balaban J connectivity index is 4.06. The molecule has 0 aliphatic rings. The molecule has 0 rings (SSSR count). The summed E-state index contributed by atoms with van der Waals surface area (Å²) in [6, 6.07) is 0. The molecular weight excluding hydrogens is 971 g/mol. The van der Waals surface area contributed by atoms with Gasteiger partial charge >= 0.3 is 11.9 Å². The first-order chi connectivity index (χ1) is 38.1. The van der Waals surface area contributed by atoms with Gasteiger partial charge in [-0.15, -0.1) is 0 Å². The number of quaternary nitrogens is 1. The highest BCUT2D eigenvalue weighted by molar-refractivity contribution is 5.70. The Kier molecular flexibility index (Phi) is 60.0. The van der Waals surface area contributed by atoms with Gasteiger partial charge in [0.15, 0.2) is 12.4 Å². The lowest BCUT2D eigenvalue weighted by atomic mass is 10.0. The molecule has 0 saturated carbocycles. The lowest BCUT2D eigenvalue weighted by Gasteiger charge is -2.26. The minimum Gasteiger partial charge on any atom is -0.545 e. The van der Waals surface area contributed by atoms with Gasteiger partial charge in [-0.05, 0) is 12.8 Å². The van der Waals surface area contributed by atoms with E-state index in [1.807, 2.05) is 21.1 Å². The SMILES string of the molecule is CCCCCCCCCCCCCCCCCCCCCCCCCCCCCC(=O)OC(COC(=O)CCCCCCCCCCCCCCCCCCCCCCCCCCCC)COC(OCC[N+](C)(C)C)C(=O)[O-]. The summed E-state index contributed by atoms with van der Waals surface area (Å²) in [6.07, 6.45) is 69.0. The summed E-state index contributed by atoms with van der Waals surface area (Å²) in [5, 5.41) is 11.8. The Morgan fingerprint density at radius 2 is 0.577 bits per heavy atom. The predicted octanol–water partition coefficient (Wildman–Crippen LogP) is 19.8. The van der Waals surface area contributed by atoms with Crippen LogP contribution in [0.4, 0.5) is 0 Å². The number of carbonyl (C=O) groups excluding carboxylic acids is 3. The van der Waals surface area contributed by atoms with Crippen molar-refractivity contribution in [2.75, 3.05) is 47.5 Å². The number of carboxylic acid groups (broad SMARTS) is 1. The summed E-state index contributed by atoms with van der Waals surface area (Å²) in [4.78, 5) is 37.5. The standard InChI is InChI=1S/C69H135NO8/c1-6-8-10-12-14-16-18-20-22-24-26-28-30-32-34-36-38-40-42-44-46-48-50-52-54-56-58-60-67(72)78-65(64-77-69(68(73)74)75-62-61-70(3,4)5)63-76-66(71)59-57-55-53-51-49-47-45-43-41-39-37-35-33-31-29-27-25-23-21-19-17-15-13-11-9-7-2/h65,69H,6-64H2,1-5H3. The Morgan fingerprint density at radius 3 is 0.821 bits per heavy atom. The second-order valence-electron chi connectivity index (χ2n) is 25.2. The van der Waals surface area contributed by atoms with Crippen molar-refractivity contribution in [3.8, 4) is 0 Å². The first-order valence-corrected chi connectivity index (χ1v) is 34.7. The molecule has 0 aliphatic carbocycles. The molecule has 78 heavy (non-hydrogen) atoms. The molecule has 9 nitrogen and oxygen atoms in total. The number of hydrogen-bond acceptors (Lipinski definition) is 8. The average Bonchev–Trinajstić information content (AvgIpc) is 3.41. The number of carbonyl (C=O) groups is 3. The largest absolute Gasteiger partial charge is 0.545 e. The highest BCUT2D eigenvalue weighted by Gasteiger charge is 2.22. The van der Waals surface area contributed by atoms with Crippen LogP contribution in [0.2, 0.25) is 0 Å². The highest BCUT2D eigenvalue weighted by atomic mass is 16.7. The Morgan fingerprint density at radius 1 is 0.333 bits per heavy atom. The first-order valence-electron chi connectivity index (χ1n) is 34.7. The van der Waals surface area contributed by atoms with Gasteiger partial charge in [-0.2, -0.15) is 0 Å². The van der Waals surface area contributed by atoms with Gasteiger partial charge in [0.05, 0.1) is 40.3 Å².